The average molecular weight is 493 g/mol. The van der Waals surface area contributed by atoms with Gasteiger partial charge in [0.2, 0.25) is 7.37 Å². The lowest BCUT2D eigenvalue weighted by Gasteiger charge is -2.13. The zero-order valence-corrected chi connectivity index (χ0v) is 20.1. The molecule has 1 amide bonds. The second-order valence-corrected chi connectivity index (χ2v) is 13.3. The third-order valence-electron chi connectivity index (χ3n) is 4.94. The first-order chi connectivity index (χ1) is 15.1. The number of nitrogen functional groups attached to an aromatic ring is 1. The highest BCUT2D eigenvalue weighted by Gasteiger charge is 2.22. The molecule has 3 rings (SSSR count). The Labute approximate surface area is 191 Å². The first kappa shape index (κ1) is 24.2. The van der Waals surface area contributed by atoms with Gasteiger partial charge in [0.25, 0.3) is 5.91 Å². The van der Waals surface area contributed by atoms with E-state index < -0.39 is 17.2 Å². The Kier molecular flexibility index (Phi) is 7.56. The van der Waals surface area contributed by atoms with E-state index in [0.29, 0.717) is 22.5 Å². The Balaban J connectivity index is 1.67. The van der Waals surface area contributed by atoms with Gasteiger partial charge in [-0.25, -0.2) is 8.42 Å². The van der Waals surface area contributed by atoms with Gasteiger partial charge in [0.05, 0.1) is 17.1 Å². The molecule has 2 aromatic carbocycles. The minimum absolute atomic E-state index is 0.0580. The molecule has 1 heterocycles. The van der Waals surface area contributed by atoms with Crippen LogP contribution in [0.15, 0.2) is 60.0 Å². The fourth-order valence-corrected chi connectivity index (χ4v) is 7.21. The minimum atomic E-state index is -3.65. The molecule has 170 valence electrons. The molecular weight excluding hydrogens is 467 g/mol. The van der Waals surface area contributed by atoms with Crippen LogP contribution in [0.2, 0.25) is 0 Å². The van der Waals surface area contributed by atoms with Crippen LogP contribution in [0.5, 0.6) is 0 Å². The molecule has 32 heavy (non-hydrogen) atoms. The number of carbonyl (C=O) groups is 1. The van der Waals surface area contributed by atoms with E-state index in [9.17, 15) is 22.7 Å². The van der Waals surface area contributed by atoms with Gasteiger partial charge >= 0.3 is 0 Å². The van der Waals surface area contributed by atoms with Crippen LogP contribution < -0.4 is 11.1 Å². The van der Waals surface area contributed by atoms with Gasteiger partial charge in [-0.1, -0.05) is 31.2 Å². The van der Waals surface area contributed by atoms with Crippen LogP contribution in [-0.4, -0.2) is 36.9 Å². The lowest BCUT2D eigenvalue weighted by atomic mass is 10.1. The average Bonchev–Trinajstić information content (AvgIpc) is 3.29. The van der Waals surface area contributed by atoms with Gasteiger partial charge in [-0.05, 0) is 46.8 Å². The Hall–Kier alpha value is -2.45. The molecule has 0 bridgehead atoms. The Morgan fingerprint density at radius 3 is 2.50 bits per heavy atom. The molecule has 7 nitrogen and oxygen atoms in total. The highest BCUT2D eigenvalue weighted by Crippen LogP contribution is 2.44. The number of nitrogens with two attached hydrogens (primary N) is 1. The number of hydrogen-bond donors (Lipinski definition) is 3. The molecule has 0 aliphatic rings. The molecule has 0 radical (unpaired) electrons. The first-order valence-corrected chi connectivity index (χ1v) is 14.7. The van der Waals surface area contributed by atoms with Crippen LogP contribution in [0, 0.1) is 0 Å². The second-order valence-electron chi connectivity index (χ2n) is 7.39. The molecule has 1 atom stereocenters. The van der Waals surface area contributed by atoms with Gasteiger partial charge < -0.3 is 15.9 Å². The van der Waals surface area contributed by atoms with Crippen molar-refractivity contribution in [1.29, 1.82) is 0 Å². The summed E-state index contributed by atoms with van der Waals surface area (Å²) in [5.74, 6) is -0.728. The summed E-state index contributed by atoms with van der Waals surface area (Å²) in [6.45, 7) is 1.51. The number of carbonyl (C=O) groups excluding carboxylic acids is 1. The largest absolute Gasteiger partial charge is 0.397 e. The lowest BCUT2D eigenvalue weighted by Crippen LogP contribution is -2.14. The molecule has 1 unspecified atom stereocenters. The Bertz CT molecular complexity index is 1240. The monoisotopic (exact) mass is 492 g/mol. The summed E-state index contributed by atoms with van der Waals surface area (Å²) in [7, 11) is -6.96. The molecule has 0 saturated carbocycles. The standard InChI is InChI=1S/C22H25N2O5PS2/c1-2-32(28,29)13-11-30(26,27)15-16-5-7-17(8-6-16)22(25)24-20-14-18(9-10-19(20)23)21-4-3-12-31-21/h3-10,12,14H,2,11,13,15,23H2,1H3,(H,24,25)(H,26,27). The first-order valence-electron chi connectivity index (χ1n) is 9.93. The summed E-state index contributed by atoms with van der Waals surface area (Å²) in [6.07, 6.45) is -0.435. The van der Waals surface area contributed by atoms with Gasteiger partial charge in [0.15, 0.2) is 9.84 Å². The number of hydrogen-bond acceptors (Lipinski definition) is 6. The van der Waals surface area contributed by atoms with E-state index in [-0.39, 0.29) is 29.7 Å². The fraction of sp³-hybridized carbons (Fsp3) is 0.227. The second kappa shape index (κ2) is 10.0. The number of nitrogens with one attached hydrogen (secondary N) is 1. The van der Waals surface area contributed by atoms with Crippen molar-refractivity contribution in [2.24, 2.45) is 0 Å². The predicted octanol–water partition coefficient (Wildman–Crippen LogP) is 4.45. The van der Waals surface area contributed by atoms with Crippen molar-refractivity contribution < 1.29 is 22.7 Å². The molecule has 3 aromatic rings. The summed E-state index contributed by atoms with van der Waals surface area (Å²) < 4.78 is 35.6. The number of rotatable bonds is 9. The van der Waals surface area contributed by atoms with Crippen molar-refractivity contribution in [3.63, 3.8) is 0 Å². The maximum atomic E-state index is 12.7. The zero-order valence-electron chi connectivity index (χ0n) is 17.5. The molecule has 1 aromatic heterocycles. The van der Waals surface area contributed by atoms with Crippen LogP contribution in [0.4, 0.5) is 11.4 Å². The SMILES string of the molecule is CCS(=O)(=O)CCP(=O)(O)Cc1ccc(C(=O)Nc2cc(-c3cccs3)ccc2N)cc1. The van der Waals surface area contributed by atoms with E-state index in [1.54, 1.807) is 41.7 Å². The highest BCUT2D eigenvalue weighted by atomic mass is 32.2. The highest BCUT2D eigenvalue weighted by molar-refractivity contribution is 7.91. The van der Waals surface area contributed by atoms with Crippen LogP contribution >= 0.6 is 18.7 Å². The summed E-state index contributed by atoms with van der Waals surface area (Å²) >= 11 is 1.59. The summed E-state index contributed by atoms with van der Waals surface area (Å²) in [4.78, 5) is 23.9. The summed E-state index contributed by atoms with van der Waals surface area (Å²) in [6, 6.07) is 15.7. The van der Waals surface area contributed by atoms with E-state index in [0.717, 1.165) is 10.4 Å². The minimum Gasteiger partial charge on any atom is -0.397 e. The fourth-order valence-electron chi connectivity index (χ4n) is 3.01. The van der Waals surface area contributed by atoms with Crippen molar-refractivity contribution in [2.45, 2.75) is 13.1 Å². The van der Waals surface area contributed by atoms with Gasteiger partial charge in [-0.15, -0.1) is 11.3 Å². The van der Waals surface area contributed by atoms with E-state index >= 15 is 0 Å². The Morgan fingerprint density at radius 1 is 1.16 bits per heavy atom. The van der Waals surface area contributed by atoms with Crippen LogP contribution in [0.25, 0.3) is 10.4 Å². The maximum absolute atomic E-state index is 12.7. The van der Waals surface area contributed by atoms with Gasteiger partial charge in [0.1, 0.15) is 0 Å². The normalized spacial score (nSPS) is 13.4. The maximum Gasteiger partial charge on any atom is 0.255 e. The summed E-state index contributed by atoms with van der Waals surface area (Å²) in [5, 5.41) is 4.78. The smallest absolute Gasteiger partial charge is 0.255 e. The number of amides is 1. The third-order valence-corrected chi connectivity index (χ3v) is 9.65. The molecule has 0 aliphatic carbocycles. The van der Waals surface area contributed by atoms with E-state index in [4.69, 9.17) is 5.73 Å². The molecule has 0 saturated heterocycles. The lowest BCUT2D eigenvalue weighted by molar-refractivity contribution is 0.102. The van der Waals surface area contributed by atoms with Gasteiger partial charge in [-0.2, -0.15) is 0 Å². The quantitative estimate of drug-likeness (QED) is 0.299. The molecule has 4 N–H and O–H groups in total. The number of benzene rings is 2. The van der Waals surface area contributed by atoms with Crippen molar-refractivity contribution in [3.8, 4) is 10.4 Å². The molecular formula is C22H25N2O5PS2. The van der Waals surface area contributed by atoms with Crippen LogP contribution in [0.3, 0.4) is 0 Å². The van der Waals surface area contributed by atoms with Crippen molar-refractivity contribution in [3.05, 3.63) is 71.1 Å². The predicted molar refractivity (Wildman–Crippen MR) is 131 cm³/mol. The van der Waals surface area contributed by atoms with E-state index in [1.807, 2.05) is 29.6 Å². The Morgan fingerprint density at radius 2 is 1.88 bits per heavy atom. The number of thiophene rings is 1. The zero-order chi connectivity index (χ0) is 23.4. The summed E-state index contributed by atoms with van der Waals surface area (Å²) in [5.41, 5.74) is 8.84. The van der Waals surface area contributed by atoms with Crippen molar-refractivity contribution >= 4 is 45.8 Å². The molecule has 0 fully saturated rings. The van der Waals surface area contributed by atoms with Crippen molar-refractivity contribution in [1.82, 2.24) is 0 Å². The van der Waals surface area contributed by atoms with E-state index in [1.165, 1.54) is 6.92 Å². The van der Waals surface area contributed by atoms with Crippen LogP contribution in [0.1, 0.15) is 22.8 Å². The van der Waals surface area contributed by atoms with Crippen LogP contribution in [-0.2, 0) is 20.6 Å². The number of sulfone groups is 1. The van der Waals surface area contributed by atoms with Gasteiger partial charge in [0, 0.05) is 28.5 Å². The third kappa shape index (κ3) is 6.53. The topological polar surface area (TPSA) is 127 Å². The molecule has 0 aliphatic heterocycles. The molecule has 10 heteroatoms. The van der Waals surface area contributed by atoms with Crippen molar-refractivity contribution in [2.75, 3.05) is 28.7 Å². The number of anilines is 2. The molecule has 0 spiro atoms. The van der Waals surface area contributed by atoms with E-state index in [2.05, 4.69) is 5.32 Å². The van der Waals surface area contributed by atoms with Gasteiger partial charge in [-0.3, -0.25) is 9.36 Å².